The quantitative estimate of drug-likeness (QED) is 0.208. The summed E-state index contributed by atoms with van der Waals surface area (Å²) < 4.78 is 22.3. The van der Waals surface area contributed by atoms with Crippen molar-refractivity contribution in [3.8, 4) is 17.2 Å². The van der Waals surface area contributed by atoms with Gasteiger partial charge >= 0.3 is 0 Å². The summed E-state index contributed by atoms with van der Waals surface area (Å²) in [7, 11) is 2.53. The third-order valence-electron chi connectivity index (χ3n) is 8.09. The molecule has 1 aliphatic heterocycles. The number of phenols is 2. The molecule has 2 aliphatic carbocycles. The van der Waals surface area contributed by atoms with Crippen LogP contribution >= 0.6 is 0 Å². The van der Waals surface area contributed by atoms with E-state index in [1.165, 1.54) is 39.3 Å². The molecule has 7 atom stereocenters. The lowest BCUT2D eigenvalue weighted by molar-refractivity contribution is -0.313. The van der Waals surface area contributed by atoms with Gasteiger partial charge in [0.25, 0.3) is 0 Å². The van der Waals surface area contributed by atoms with Gasteiger partial charge in [0.15, 0.2) is 17.9 Å². The van der Waals surface area contributed by atoms with Crippen molar-refractivity contribution in [2.75, 3.05) is 20.8 Å². The van der Waals surface area contributed by atoms with Crippen molar-refractivity contribution in [3.63, 3.8) is 0 Å². The smallest absolute Gasteiger partial charge is 0.202 e. The lowest BCUT2D eigenvalue weighted by Crippen LogP contribution is -2.58. The van der Waals surface area contributed by atoms with Gasteiger partial charge in [-0.2, -0.15) is 0 Å². The first-order chi connectivity index (χ1) is 19.4. The van der Waals surface area contributed by atoms with Gasteiger partial charge in [-0.1, -0.05) is 12.1 Å². The zero-order valence-electron chi connectivity index (χ0n) is 22.4. The number of benzene rings is 2. The average Bonchev–Trinajstić information content (AvgIpc) is 2.95. The Morgan fingerprint density at radius 3 is 2.37 bits per heavy atom. The molecule has 0 radical (unpaired) electrons. The molecule has 7 unspecified atom stereocenters. The van der Waals surface area contributed by atoms with Crippen LogP contribution in [-0.2, 0) is 25.4 Å². The van der Waals surface area contributed by atoms with Crippen LogP contribution in [0.15, 0.2) is 18.2 Å². The van der Waals surface area contributed by atoms with Crippen LogP contribution < -0.4 is 4.74 Å². The number of phenolic OH excluding ortho intramolecular Hbond substituents is 2. The zero-order chi connectivity index (χ0) is 30.0. The lowest BCUT2D eigenvalue weighted by atomic mass is 9.72. The van der Waals surface area contributed by atoms with E-state index in [1.807, 2.05) is 0 Å². The van der Waals surface area contributed by atoms with E-state index in [0.29, 0.717) is 0 Å². The van der Waals surface area contributed by atoms with Crippen LogP contribution in [0.25, 0.3) is 0 Å². The van der Waals surface area contributed by atoms with Crippen LogP contribution in [0.5, 0.6) is 17.2 Å². The number of hydrogen-bond acceptors (Lipinski definition) is 13. The van der Waals surface area contributed by atoms with Crippen LogP contribution in [0.1, 0.15) is 62.4 Å². The second-order valence-electron chi connectivity index (χ2n) is 10.4. The highest BCUT2D eigenvalue weighted by atomic mass is 16.7. The lowest BCUT2D eigenvalue weighted by Gasteiger charge is -2.44. The topological polar surface area (TPSA) is 210 Å². The van der Waals surface area contributed by atoms with Crippen LogP contribution in [0, 0.1) is 0 Å². The maximum Gasteiger partial charge on any atom is 0.202 e. The van der Waals surface area contributed by atoms with Gasteiger partial charge in [0.1, 0.15) is 47.8 Å². The summed E-state index contributed by atoms with van der Waals surface area (Å²) in [6.45, 7) is 0.398. The Labute approximate surface area is 233 Å². The molecule has 0 aromatic heterocycles. The molecule has 0 amide bonds. The van der Waals surface area contributed by atoms with E-state index >= 15 is 0 Å². The van der Waals surface area contributed by atoms with Gasteiger partial charge in [0, 0.05) is 36.6 Å². The summed E-state index contributed by atoms with van der Waals surface area (Å²) in [5, 5.41) is 64.6. The van der Waals surface area contributed by atoms with Gasteiger partial charge in [-0.25, -0.2) is 0 Å². The standard InChI is InChI=1S/C28H30O13/c1-10-20(31)25(36)26(39-3)27(40-10)41-14-8-28(37,15(30)9-29)7-12-17(14)24(35)19-18(22(12)33)21(32)11-5-4-6-13(38-2)16(11)23(19)34/h4-6,10,14,20,25-27,29,31,33,35-37H,7-9H2,1-3H3. The minimum Gasteiger partial charge on any atom is -0.507 e. The highest BCUT2D eigenvalue weighted by molar-refractivity contribution is 6.31. The predicted octanol–water partition coefficient (Wildman–Crippen LogP) is -0.340. The normalized spacial score (nSPS) is 30.8. The van der Waals surface area contributed by atoms with Crippen molar-refractivity contribution < 1.29 is 64.0 Å². The number of fused-ring (bicyclic) bond motifs is 3. The van der Waals surface area contributed by atoms with Crippen molar-refractivity contribution in [1.82, 2.24) is 0 Å². The predicted molar refractivity (Wildman–Crippen MR) is 136 cm³/mol. The Morgan fingerprint density at radius 1 is 1.05 bits per heavy atom. The first-order valence-corrected chi connectivity index (χ1v) is 12.8. The fourth-order valence-electron chi connectivity index (χ4n) is 5.92. The SMILES string of the molecule is COc1cccc2c1C(=O)c1c(O)c3c(c(O)c1C2=O)CC(O)(C(=O)CO)CC3OC1OC(C)C(O)C(O)C1OC. The van der Waals surface area contributed by atoms with Gasteiger partial charge in [-0.3, -0.25) is 14.4 Å². The molecule has 0 spiro atoms. The Balaban J connectivity index is 1.70. The molecule has 1 heterocycles. The number of methoxy groups -OCH3 is 2. The summed E-state index contributed by atoms with van der Waals surface area (Å²) in [5.41, 5.74) is -4.04. The molecule has 1 fully saturated rings. The Kier molecular flexibility index (Phi) is 7.40. The highest BCUT2D eigenvalue weighted by Crippen LogP contribution is 2.52. The summed E-state index contributed by atoms with van der Waals surface area (Å²) in [6.07, 6.45) is -9.13. The van der Waals surface area contributed by atoms with Gasteiger partial charge in [-0.05, 0) is 13.0 Å². The minimum absolute atomic E-state index is 0.0684. The monoisotopic (exact) mass is 574 g/mol. The molecule has 5 rings (SSSR count). The maximum absolute atomic E-state index is 13.7. The van der Waals surface area contributed by atoms with E-state index in [9.17, 15) is 45.0 Å². The van der Waals surface area contributed by atoms with Crippen LogP contribution in [0.3, 0.4) is 0 Å². The van der Waals surface area contributed by atoms with E-state index in [1.54, 1.807) is 0 Å². The molecule has 1 saturated heterocycles. The Bertz CT molecular complexity index is 1430. The number of hydrogen-bond donors (Lipinski definition) is 6. The molecule has 3 aliphatic rings. The third kappa shape index (κ3) is 4.32. The van der Waals surface area contributed by atoms with E-state index in [0.717, 1.165) is 0 Å². The molecule has 2 aromatic rings. The third-order valence-corrected chi connectivity index (χ3v) is 8.09. The van der Waals surface area contributed by atoms with Crippen LogP contribution in [0.4, 0.5) is 0 Å². The van der Waals surface area contributed by atoms with Crippen LogP contribution in [0.2, 0.25) is 0 Å². The van der Waals surface area contributed by atoms with Crippen LogP contribution in [-0.4, -0.2) is 105 Å². The number of carbonyl (C=O) groups excluding carboxylic acids is 3. The molecule has 220 valence electrons. The molecule has 2 aromatic carbocycles. The van der Waals surface area contributed by atoms with Gasteiger partial charge in [-0.15, -0.1) is 0 Å². The van der Waals surface area contributed by atoms with E-state index in [-0.39, 0.29) is 28.0 Å². The van der Waals surface area contributed by atoms with E-state index < -0.39 is 102 Å². The molecule has 0 bridgehead atoms. The largest absolute Gasteiger partial charge is 0.507 e. The molecule has 6 N–H and O–H groups in total. The van der Waals surface area contributed by atoms with Gasteiger partial charge in [0.2, 0.25) is 5.78 Å². The number of carbonyl (C=O) groups is 3. The second-order valence-corrected chi connectivity index (χ2v) is 10.4. The van der Waals surface area contributed by atoms with Gasteiger partial charge in [0.05, 0.1) is 36.0 Å². The fourth-order valence-corrected chi connectivity index (χ4v) is 5.92. The highest BCUT2D eigenvalue weighted by Gasteiger charge is 2.51. The summed E-state index contributed by atoms with van der Waals surface area (Å²) in [6, 6.07) is 4.30. The average molecular weight is 575 g/mol. The molecular formula is C28H30O13. The Morgan fingerprint density at radius 2 is 1.73 bits per heavy atom. The maximum atomic E-state index is 13.7. The second kappa shape index (κ2) is 10.4. The van der Waals surface area contributed by atoms with Crippen molar-refractivity contribution in [2.45, 2.75) is 62.2 Å². The number of ether oxygens (including phenoxy) is 4. The van der Waals surface area contributed by atoms with Crippen molar-refractivity contribution in [3.05, 3.63) is 51.6 Å². The number of aliphatic hydroxyl groups is 4. The number of aliphatic hydroxyl groups excluding tert-OH is 3. The number of ketones is 3. The first kappa shape index (κ1) is 29.1. The molecule has 13 nitrogen and oxygen atoms in total. The number of rotatable bonds is 6. The van der Waals surface area contributed by atoms with Crippen molar-refractivity contribution >= 4 is 17.3 Å². The molecule has 41 heavy (non-hydrogen) atoms. The van der Waals surface area contributed by atoms with Crippen molar-refractivity contribution in [2.24, 2.45) is 0 Å². The zero-order valence-corrected chi connectivity index (χ0v) is 22.4. The van der Waals surface area contributed by atoms with Gasteiger partial charge < -0.3 is 49.6 Å². The van der Waals surface area contributed by atoms with E-state index in [4.69, 9.17) is 18.9 Å². The number of Topliss-reactive ketones (excluding diaryl/α,β-unsaturated/α-hetero) is 1. The first-order valence-electron chi connectivity index (χ1n) is 12.8. The summed E-state index contributed by atoms with van der Waals surface area (Å²) in [4.78, 5) is 39.9. The minimum atomic E-state index is -2.32. The summed E-state index contributed by atoms with van der Waals surface area (Å²) in [5.74, 6) is -4.06. The molecular weight excluding hydrogens is 544 g/mol. The Hall–Kier alpha value is -3.43. The summed E-state index contributed by atoms with van der Waals surface area (Å²) >= 11 is 0. The number of aromatic hydroxyl groups is 2. The molecule has 13 heteroatoms. The fraction of sp³-hybridized carbons (Fsp3) is 0.464. The molecule has 0 saturated carbocycles. The van der Waals surface area contributed by atoms with E-state index in [2.05, 4.69) is 0 Å². The van der Waals surface area contributed by atoms with Crippen molar-refractivity contribution in [1.29, 1.82) is 0 Å².